The van der Waals surface area contributed by atoms with E-state index in [2.05, 4.69) is 49.1 Å². The third kappa shape index (κ3) is 21.3. The van der Waals surface area contributed by atoms with Crippen LogP contribution >= 0.6 is 0 Å². The Bertz CT molecular complexity index is 2230. The van der Waals surface area contributed by atoms with Gasteiger partial charge in [-0.1, -0.05) is 89.2 Å². The first kappa shape index (κ1) is 58.8. The molecule has 0 aromatic heterocycles. The highest BCUT2D eigenvalue weighted by Gasteiger charge is 2.39. The lowest BCUT2D eigenvalue weighted by Gasteiger charge is -2.34. The van der Waals surface area contributed by atoms with Gasteiger partial charge in [-0.05, 0) is 54.7 Å². The summed E-state index contributed by atoms with van der Waals surface area (Å²) in [6.45, 7) is 11.9. The number of aliphatic hydroxyl groups is 1. The maximum atomic E-state index is 14.5. The van der Waals surface area contributed by atoms with Crippen molar-refractivity contribution >= 4 is 59.3 Å². The molecule has 2 rings (SSSR count). The van der Waals surface area contributed by atoms with Crippen molar-refractivity contribution < 1.29 is 68.4 Å². The molecule has 0 saturated carbocycles. The molecule has 0 aliphatic carbocycles. The molecule has 11 N–H and O–H groups in total. The molecule has 0 spiro atoms. The summed E-state index contributed by atoms with van der Waals surface area (Å²) in [4.78, 5) is 130. The van der Waals surface area contributed by atoms with E-state index < -0.39 is 139 Å². The molecular weight excluding hydrogens is 911 g/mol. The Labute approximate surface area is 407 Å². The van der Waals surface area contributed by atoms with E-state index in [-0.39, 0.29) is 31.7 Å². The summed E-state index contributed by atoms with van der Waals surface area (Å²) < 4.78 is 0. The quantitative estimate of drug-likeness (QED) is 0.0527. The molecule has 0 fully saturated rings. The second-order valence-electron chi connectivity index (χ2n) is 18.2. The van der Waals surface area contributed by atoms with Gasteiger partial charge < -0.3 is 57.6 Å². The summed E-state index contributed by atoms with van der Waals surface area (Å²) in [7, 11) is 0. The molecule has 1 unspecified atom stereocenters. The molecule has 0 aliphatic rings. The molecule has 7 atom stereocenters. The number of aryl methyl sites for hydroxylation is 1. The molecule has 70 heavy (non-hydrogen) atoms. The lowest BCUT2D eigenvalue weighted by atomic mass is 9.85. The van der Waals surface area contributed by atoms with Crippen LogP contribution in [0.3, 0.4) is 0 Å². The average Bonchev–Trinajstić information content (AvgIpc) is 3.28. The first-order valence-electron chi connectivity index (χ1n) is 22.7. The Kier molecular flexibility index (Phi) is 24.2. The minimum Gasteiger partial charge on any atom is -0.481 e. The van der Waals surface area contributed by atoms with E-state index >= 15 is 0 Å². The van der Waals surface area contributed by atoms with Crippen molar-refractivity contribution in [3.8, 4) is 11.8 Å². The van der Waals surface area contributed by atoms with Crippen LogP contribution < -0.4 is 37.2 Å². The van der Waals surface area contributed by atoms with Gasteiger partial charge in [0.1, 0.15) is 30.2 Å². The summed E-state index contributed by atoms with van der Waals surface area (Å²) in [5.74, 6) is -5.49. The highest BCUT2D eigenvalue weighted by atomic mass is 16.4. The second kappa shape index (κ2) is 28.9. The van der Waals surface area contributed by atoms with Gasteiger partial charge in [-0.3, -0.25) is 47.9 Å². The number of nitrogens with one attached hydrogen (secondary N) is 7. The maximum Gasteiger partial charge on any atom is 0.305 e. The van der Waals surface area contributed by atoms with Crippen LogP contribution in [0.4, 0.5) is 0 Å². The molecular formula is C49H67N7O14. The zero-order valence-corrected chi connectivity index (χ0v) is 40.6. The smallest absolute Gasteiger partial charge is 0.305 e. The van der Waals surface area contributed by atoms with Gasteiger partial charge in [0.15, 0.2) is 6.10 Å². The molecule has 0 radical (unpaired) electrons. The van der Waals surface area contributed by atoms with Crippen LogP contribution in [0, 0.1) is 30.1 Å². The van der Waals surface area contributed by atoms with Gasteiger partial charge in [-0.2, -0.15) is 0 Å². The van der Waals surface area contributed by atoms with Crippen LogP contribution in [0.1, 0.15) is 103 Å². The van der Waals surface area contributed by atoms with Gasteiger partial charge in [0, 0.05) is 32.2 Å². The number of carbonyl (C=O) groups is 10. The molecule has 0 saturated heterocycles. The zero-order valence-electron chi connectivity index (χ0n) is 40.6. The van der Waals surface area contributed by atoms with Gasteiger partial charge in [-0.25, -0.2) is 0 Å². The molecule has 2 aromatic carbocycles. The number of amides is 7. The second-order valence-corrected chi connectivity index (χ2v) is 18.2. The van der Waals surface area contributed by atoms with Gasteiger partial charge in [-0.15, -0.1) is 11.8 Å². The zero-order chi connectivity index (χ0) is 52.7. The number of benzene rings is 2. The number of aliphatic carboxylic acids is 3. The van der Waals surface area contributed by atoms with Crippen LogP contribution in [0.25, 0.3) is 0 Å². The number of rotatable bonds is 28. The van der Waals surface area contributed by atoms with Crippen molar-refractivity contribution in [3.05, 3.63) is 71.3 Å². The summed E-state index contributed by atoms with van der Waals surface area (Å²) in [5, 5.41) is 56.6. The van der Waals surface area contributed by atoms with E-state index in [9.17, 15) is 63.3 Å². The van der Waals surface area contributed by atoms with E-state index in [4.69, 9.17) is 5.11 Å². The molecule has 21 nitrogen and oxygen atoms in total. The van der Waals surface area contributed by atoms with Crippen molar-refractivity contribution in [1.29, 1.82) is 0 Å². The predicted octanol–water partition coefficient (Wildman–Crippen LogP) is 0.834. The topological polar surface area (TPSA) is 336 Å². The fourth-order valence-electron chi connectivity index (χ4n) is 6.91. The molecule has 0 aliphatic heterocycles. The van der Waals surface area contributed by atoms with Crippen LogP contribution in [-0.4, -0.2) is 122 Å². The fraction of sp³-hybridized carbons (Fsp3) is 0.510. The van der Waals surface area contributed by atoms with Crippen molar-refractivity contribution in [1.82, 2.24) is 37.2 Å². The summed E-state index contributed by atoms with van der Waals surface area (Å²) >= 11 is 0. The molecule has 0 heterocycles. The van der Waals surface area contributed by atoms with E-state index in [1.807, 2.05) is 6.07 Å². The standard InChI is InChI=1S/C49H67N7O14/c1-8-9-19-32(41(64)47(69)50-27-30-16-11-10-12-17-30)52-44(66)34(24-28(2)3)55-48(70)42(49(5,6)7)56-46(68)35(25-31-18-14-13-15-29(31)4)54-43(65)33(20-22-38(58)59)53-45(67)36(26-40(62)63)51-37(57)21-23-39(60)61/h10-18,28,32-36,41-42,64H,19-27H2,1-7H3,(H,50,69)(H,51,57)(H,52,66)(H,53,67)(H,54,65)(H,55,70)(H,56,68)(H,58,59)(H,60,61)(H,62,63)/t32-,33-,34-,35-,36-,41?,42+/m0/s1. The van der Waals surface area contributed by atoms with Crippen LogP contribution in [0.2, 0.25) is 0 Å². The summed E-state index contributed by atoms with van der Waals surface area (Å²) in [6.07, 6.45) is -5.44. The van der Waals surface area contributed by atoms with Gasteiger partial charge >= 0.3 is 17.9 Å². The highest BCUT2D eigenvalue weighted by molar-refractivity contribution is 5.98. The summed E-state index contributed by atoms with van der Waals surface area (Å²) in [5.41, 5.74) is 0.987. The van der Waals surface area contributed by atoms with E-state index in [0.717, 1.165) is 5.56 Å². The third-order valence-corrected chi connectivity index (χ3v) is 10.7. The first-order chi connectivity index (χ1) is 32.8. The molecule has 0 bridgehead atoms. The Morgan fingerprint density at radius 3 is 1.74 bits per heavy atom. The highest BCUT2D eigenvalue weighted by Crippen LogP contribution is 2.21. The number of hydrogen-bond acceptors (Lipinski definition) is 11. The maximum absolute atomic E-state index is 14.5. The lowest BCUT2D eigenvalue weighted by molar-refractivity contribution is -0.142. The van der Waals surface area contributed by atoms with Crippen LogP contribution in [-0.2, 0) is 60.9 Å². The SMILES string of the molecule is CC#CC[C@H](NC(=O)[C@H](CC(C)C)NC(=O)[C@@H](NC(=O)[C@H](Cc1ccccc1C)NC(=O)[C@H](CCC(=O)O)NC(=O)[C@H](CC(=O)O)NC(=O)CCC(=O)O)C(C)(C)C)C(O)C(=O)NCc1ccccc1. The van der Waals surface area contributed by atoms with E-state index in [1.165, 1.54) is 0 Å². The van der Waals surface area contributed by atoms with Gasteiger partial charge in [0.2, 0.25) is 35.4 Å². The van der Waals surface area contributed by atoms with Crippen molar-refractivity contribution in [2.75, 3.05) is 0 Å². The van der Waals surface area contributed by atoms with Crippen LogP contribution in [0.5, 0.6) is 0 Å². The van der Waals surface area contributed by atoms with E-state index in [0.29, 0.717) is 11.1 Å². The number of carbonyl (C=O) groups excluding carboxylic acids is 7. The Balaban J connectivity index is 2.47. The number of aliphatic hydroxyl groups excluding tert-OH is 1. The Morgan fingerprint density at radius 1 is 0.614 bits per heavy atom. The Morgan fingerprint density at radius 2 is 1.17 bits per heavy atom. The minimum atomic E-state index is -1.82. The lowest BCUT2D eigenvalue weighted by Crippen LogP contribution is -2.62. The van der Waals surface area contributed by atoms with Crippen molar-refractivity contribution in [2.24, 2.45) is 11.3 Å². The monoisotopic (exact) mass is 977 g/mol. The normalized spacial score (nSPS) is 14.0. The van der Waals surface area contributed by atoms with Crippen molar-refractivity contribution in [3.63, 3.8) is 0 Å². The average molecular weight is 978 g/mol. The van der Waals surface area contributed by atoms with Crippen LogP contribution in [0.15, 0.2) is 54.6 Å². The number of carboxylic acids is 3. The predicted molar refractivity (Wildman–Crippen MR) is 254 cm³/mol. The van der Waals surface area contributed by atoms with Gasteiger partial charge in [0.05, 0.1) is 18.9 Å². The van der Waals surface area contributed by atoms with Gasteiger partial charge in [0.25, 0.3) is 5.91 Å². The first-order valence-corrected chi connectivity index (χ1v) is 22.7. The number of hydrogen-bond donors (Lipinski definition) is 11. The number of carboxylic acid groups (broad SMARTS) is 3. The van der Waals surface area contributed by atoms with E-state index in [1.54, 1.807) is 97.0 Å². The fourth-order valence-corrected chi connectivity index (χ4v) is 6.91. The van der Waals surface area contributed by atoms with Crippen molar-refractivity contribution in [2.45, 2.75) is 149 Å². The molecule has 382 valence electrons. The minimum absolute atomic E-state index is 0.0829. The largest absolute Gasteiger partial charge is 0.481 e. The summed E-state index contributed by atoms with van der Waals surface area (Å²) in [6, 6.07) is 6.93. The third-order valence-electron chi connectivity index (χ3n) is 10.7. The molecule has 2 aromatic rings. The Hall–Kier alpha value is -7.34. The molecule has 7 amide bonds. The molecule has 21 heteroatoms.